The minimum Gasteiger partial charge on any atom is -0.299 e. The van der Waals surface area contributed by atoms with Gasteiger partial charge in [0.25, 0.3) is 0 Å². The van der Waals surface area contributed by atoms with Gasteiger partial charge in [0.05, 0.1) is 11.4 Å². The van der Waals surface area contributed by atoms with Gasteiger partial charge in [-0.05, 0) is 99.5 Å². The van der Waals surface area contributed by atoms with E-state index in [1.807, 2.05) is 6.07 Å². The maximum absolute atomic E-state index is 5.13. The van der Waals surface area contributed by atoms with Gasteiger partial charge in [0.15, 0.2) is 0 Å². The Kier molecular flexibility index (Phi) is 7.71. The molecule has 0 radical (unpaired) electrons. The molecule has 0 aliphatic rings. The van der Waals surface area contributed by atoms with Crippen LogP contribution in [0.3, 0.4) is 0 Å². The summed E-state index contributed by atoms with van der Waals surface area (Å²) in [6.07, 6.45) is 8.74. The quantitative estimate of drug-likeness (QED) is 0.171. The Labute approximate surface area is 265 Å². The minimum atomic E-state index is 0.511. The van der Waals surface area contributed by atoms with E-state index in [2.05, 4.69) is 177 Å². The summed E-state index contributed by atoms with van der Waals surface area (Å²) in [7, 11) is 0. The van der Waals surface area contributed by atoms with E-state index >= 15 is 0 Å². The van der Waals surface area contributed by atoms with Crippen LogP contribution in [0.25, 0.3) is 66.8 Å². The first-order valence-corrected chi connectivity index (χ1v) is 15.7. The Hall–Kier alpha value is -5.47. The number of aromatic nitrogens is 2. The van der Waals surface area contributed by atoms with Gasteiger partial charge < -0.3 is 0 Å². The highest BCUT2D eigenvalue weighted by Gasteiger charge is 2.17. The van der Waals surface area contributed by atoms with Crippen LogP contribution in [0.4, 0.5) is 0 Å². The Morgan fingerprint density at radius 3 is 2.07 bits per heavy atom. The second kappa shape index (κ2) is 12.3. The third-order valence-electron chi connectivity index (χ3n) is 8.36. The van der Waals surface area contributed by atoms with Crippen molar-refractivity contribution in [3.05, 3.63) is 163 Å². The Morgan fingerprint density at radius 1 is 0.600 bits per heavy atom. The largest absolute Gasteiger partial charge is 0.299 e. The number of imidazole rings is 1. The summed E-state index contributed by atoms with van der Waals surface area (Å²) in [6.45, 7) is 6.61. The van der Waals surface area contributed by atoms with Gasteiger partial charge in [-0.2, -0.15) is 0 Å². The summed E-state index contributed by atoms with van der Waals surface area (Å²) in [5, 5.41) is 2.50. The number of fused-ring (bicyclic) bond motifs is 2. The predicted molar refractivity (Wildman–Crippen MR) is 192 cm³/mol. The Balaban J connectivity index is 1.38. The van der Waals surface area contributed by atoms with Gasteiger partial charge in [0.2, 0.25) is 0 Å². The topological polar surface area (TPSA) is 17.3 Å². The van der Waals surface area contributed by atoms with Crippen LogP contribution in [0.1, 0.15) is 26.3 Å². The van der Waals surface area contributed by atoms with E-state index in [1.165, 1.54) is 38.6 Å². The van der Waals surface area contributed by atoms with Gasteiger partial charge in [-0.25, -0.2) is 4.98 Å². The normalized spacial score (nSPS) is 12.1. The van der Waals surface area contributed by atoms with Crippen molar-refractivity contribution in [1.29, 1.82) is 0 Å². The zero-order valence-corrected chi connectivity index (χ0v) is 26.0. The summed E-state index contributed by atoms with van der Waals surface area (Å²) in [4.78, 5) is 5.13. The molecule has 0 N–H and O–H groups in total. The first-order chi connectivity index (χ1) is 22.0. The molecular weight excluding hydrogens is 544 g/mol. The number of hydrogen-bond donors (Lipinski definition) is 0. The smallest absolute Gasteiger partial charge is 0.137 e. The molecule has 0 amide bonds. The molecule has 7 rings (SSSR count). The molecule has 0 atom stereocenters. The van der Waals surface area contributed by atoms with E-state index in [0.717, 1.165) is 33.7 Å². The van der Waals surface area contributed by atoms with Crippen molar-refractivity contribution in [1.82, 2.24) is 9.38 Å². The molecule has 5 aromatic carbocycles. The monoisotopic (exact) mass is 580 g/mol. The van der Waals surface area contributed by atoms with Crippen molar-refractivity contribution >= 4 is 22.0 Å². The minimum absolute atomic E-state index is 0.511. The van der Waals surface area contributed by atoms with E-state index in [0.29, 0.717) is 5.92 Å². The second-order valence-electron chi connectivity index (χ2n) is 12.0. The second-order valence-corrected chi connectivity index (χ2v) is 12.0. The average Bonchev–Trinajstić information content (AvgIpc) is 3.48. The van der Waals surface area contributed by atoms with Crippen LogP contribution in [0, 0.1) is 5.92 Å². The van der Waals surface area contributed by atoms with E-state index in [9.17, 15) is 0 Å². The lowest BCUT2D eigenvalue weighted by Crippen LogP contribution is -1.90. The highest BCUT2D eigenvalue weighted by atomic mass is 15.0. The van der Waals surface area contributed by atoms with Crippen molar-refractivity contribution in [2.45, 2.75) is 20.8 Å². The molecule has 218 valence electrons. The first-order valence-electron chi connectivity index (χ1n) is 15.7. The standard InChI is InChI=1S/C43H36N2/c1-30(2)13-11-14-31(3)38-27-39(29-40(28-38)36-23-22-32-15-7-8-18-34(32)25-36)35-19-12-20-37(26-35)42-43(33-16-5-4-6-17-33)45-24-10-9-21-41(45)44-42/h4-30H,1-3H3/b13-11-,31-14+. The predicted octanol–water partition coefficient (Wildman–Crippen LogP) is 11.8. The molecule has 2 aromatic heterocycles. The van der Waals surface area contributed by atoms with Crippen molar-refractivity contribution in [3.8, 4) is 44.8 Å². The molecule has 0 spiro atoms. The van der Waals surface area contributed by atoms with Crippen molar-refractivity contribution in [2.24, 2.45) is 5.92 Å². The molecule has 0 aliphatic heterocycles. The fourth-order valence-electron chi connectivity index (χ4n) is 5.99. The number of benzene rings is 5. The van der Waals surface area contributed by atoms with Gasteiger partial charge in [-0.3, -0.25) is 4.40 Å². The average molecular weight is 581 g/mol. The lowest BCUT2D eigenvalue weighted by Gasteiger charge is -2.13. The molecule has 0 fully saturated rings. The maximum Gasteiger partial charge on any atom is 0.137 e. The summed E-state index contributed by atoms with van der Waals surface area (Å²) >= 11 is 0. The third-order valence-corrected chi connectivity index (χ3v) is 8.36. The molecule has 0 aliphatic carbocycles. The fraction of sp³-hybridized carbons (Fsp3) is 0.0930. The lowest BCUT2D eigenvalue weighted by molar-refractivity contribution is 0.832. The molecule has 0 bridgehead atoms. The van der Waals surface area contributed by atoms with Crippen LogP contribution in [0.5, 0.6) is 0 Å². The van der Waals surface area contributed by atoms with Crippen molar-refractivity contribution in [3.63, 3.8) is 0 Å². The number of hydrogen-bond acceptors (Lipinski definition) is 1. The van der Waals surface area contributed by atoms with Crippen LogP contribution in [-0.4, -0.2) is 9.38 Å². The molecule has 0 saturated carbocycles. The number of rotatable bonds is 7. The van der Waals surface area contributed by atoms with Gasteiger partial charge in [0, 0.05) is 17.3 Å². The third kappa shape index (κ3) is 5.88. The molecule has 2 heteroatoms. The molecule has 0 saturated heterocycles. The van der Waals surface area contributed by atoms with E-state index in [1.54, 1.807) is 0 Å². The van der Waals surface area contributed by atoms with Crippen molar-refractivity contribution in [2.75, 3.05) is 0 Å². The summed E-state index contributed by atoms with van der Waals surface area (Å²) in [6, 6.07) is 47.8. The highest BCUT2D eigenvalue weighted by Crippen LogP contribution is 2.37. The molecular formula is C43H36N2. The van der Waals surface area contributed by atoms with Crippen LogP contribution >= 0.6 is 0 Å². The summed E-state index contributed by atoms with van der Waals surface area (Å²) in [5.41, 5.74) is 12.5. The zero-order valence-electron chi connectivity index (χ0n) is 26.0. The SMILES string of the molecule is C/C(=C\C=C/C(C)C)c1cc(-c2cccc(-c3nc4ccccn4c3-c3ccccc3)c2)cc(-c2ccc3ccccc3c2)c1. The zero-order chi connectivity index (χ0) is 30.8. The Morgan fingerprint density at radius 2 is 1.27 bits per heavy atom. The highest BCUT2D eigenvalue weighted by molar-refractivity contribution is 5.90. The van der Waals surface area contributed by atoms with Crippen LogP contribution < -0.4 is 0 Å². The fourth-order valence-corrected chi connectivity index (χ4v) is 5.99. The van der Waals surface area contributed by atoms with E-state index in [-0.39, 0.29) is 0 Å². The number of allylic oxidation sites excluding steroid dienone is 4. The molecule has 45 heavy (non-hydrogen) atoms. The first kappa shape index (κ1) is 28.3. The van der Waals surface area contributed by atoms with Gasteiger partial charge >= 0.3 is 0 Å². The summed E-state index contributed by atoms with van der Waals surface area (Å²) < 4.78 is 2.19. The summed E-state index contributed by atoms with van der Waals surface area (Å²) in [5.74, 6) is 0.511. The Bertz CT molecular complexity index is 2200. The molecule has 2 nitrogen and oxygen atoms in total. The van der Waals surface area contributed by atoms with Gasteiger partial charge in [-0.1, -0.05) is 123 Å². The van der Waals surface area contributed by atoms with Gasteiger partial charge in [-0.15, -0.1) is 0 Å². The van der Waals surface area contributed by atoms with E-state index in [4.69, 9.17) is 4.98 Å². The molecule has 2 heterocycles. The van der Waals surface area contributed by atoms with Crippen LogP contribution in [0.2, 0.25) is 0 Å². The van der Waals surface area contributed by atoms with E-state index < -0.39 is 0 Å². The molecule has 7 aromatic rings. The van der Waals surface area contributed by atoms with Crippen LogP contribution in [0.15, 0.2) is 158 Å². The van der Waals surface area contributed by atoms with Gasteiger partial charge in [0.1, 0.15) is 5.65 Å². The number of nitrogens with zero attached hydrogens (tertiary/aromatic N) is 2. The van der Waals surface area contributed by atoms with Crippen LogP contribution in [-0.2, 0) is 0 Å². The van der Waals surface area contributed by atoms with Crippen molar-refractivity contribution < 1.29 is 0 Å². The molecule has 0 unspecified atom stereocenters. The number of pyridine rings is 1. The lowest BCUT2D eigenvalue weighted by atomic mass is 9.91. The maximum atomic E-state index is 5.13.